The molecule has 18 heavy (non-hydrogen) atoms. The molecule has 0 spiro atoms. The topological polar surface area (TPSA) is 41.6 Å². The van der Waals surface area contributed by atoms with Crippen LogP contribution in [0.2, 0.25) is 0 Å². The van der Waals surface area contributed by atoms with E-state index in [-0.39, 0.29) is 12.1 Å². The van der Waals surface area contributed by atoms with Gasteiger partial charge in [0.1, 0.15) is 0 Å². The zero-order valence-corrected chi connectivity index (χ0v) is 11.2. The molecule has 2 rings (SSSR count). The summed E-state index contributed by atoms with van der Waals surface area (Å²) in [6.07, 6.45) is 9.82. The third-order valence-electron chi connectivity index (χ3n) is 3.63. The predicted molar refractivity (Wildman–Crippen MR) is 71.5 cm³/mol. The van der Waals surface area contributed by atoms with Crippen LogP contribution >= 0.6 is 0 Å². The van der Waals surface area contributed by atoms with Gasteiger partial charge in [-0.1, -0.05) is 25.5 Å². The first-order valence-electron chi connectivity index (χ1n) is 7.11. The lowest BCUT2D eigenvalue weighted by molar-refractivity contribution is -0.0184. The minimum Gasteiger partial charge on any atom is -0.375 e. The highest BCUT2D eigenvalue weighted by Crippen LogP contribution is 2.13. The second kappa shape index (κ2) is 6.78. The van der Waals surface area contributed by atoms with Crippen molar-refractivity contribution in [3.63, 3.8) is 0 Å². The molecule has 1 saturated heterocycles. The number of allylic oxidation sites excluding steroid dienone is 1. The zero-order chi connectivity index (χ0) is 12.8. The average molecular weight is 252 g/mol. The van der Waals surface area contributed by atoms with Gasteiger partial charge in [-0.25, -0.2) is 4.79 Å². The van der Waals surface area contributed by atoms with E-state index < -0.39 is 0 Å². The van der Waals surface area contributed by atoms with Crippen LogP contribution in [0.1, 0.15) is 39.0 Å². The molecule has 0 unspecified atom stereocenters. The van der Waals surface area contributed by atoms with E-state index in [1.54, 1.807) is 0 Å². The van der Waals surface area contributed by atoms with Gasteiger partial charge in [-0.2, -0.15) is 0 Å². The molecule has 4 nitrogen and oxygen atoms in total. The highest BCUT2D eigenvalue weighted by atomic mass is 16.5. The molecule has 1 aliphatic carbocycles. The van der Waals surface area contributed by atoms with Crippen LogP contribution in [0.15, 0.2) is 12.2 Å². The summed E-state index contributed by atoms with van der Waals surface area (Å²) in [4.78, 5) is 14.1. The van der Waals surface area contributed by atoms with E-state index in [1.807, 2.05) is 4.90 Å². The first-order chi connectivity index (χ1) is 8.79. The van der Waals surface area contributed by atoms with Crippen molar-refractivity contribution in [3.05, 3.63) is 12.2 Å². The number of hydrogen-bond acceptors (Lipinski definition) is 2. The van der Waals surface area contributed by atoms with E-state index >= 15 is 0 Å². The van der Waals surface area contributed by atoms with Gasteiger partial charge in [0, 0.05) is 19.1 Å². The Balaban J connectivity index is 1.78. The van der Waals surface area contributed by atoms with Gasteiger partial charge in [0.2, 0.25) is 0 Å². The molecule has 0 radical (unpaired) electrons. The van der Waals surface area contributed by atoms with Crippen molar-refractivity contribution in [2.45, 2.75) is 51.2 Å². The number of ether oxygens (including phenoxy) is 1. The summed E-state index contributed by atoms with van der Waals surface area (Å²) in [5, 5.41) is 3.13. The molecule has 2 atom stereocenters. The van der Waals surface area contributed by atoms with Crippen molar-refractivity contribution in [2.75, 3.05) is 19.7 Å². The third-order valence-corrected chi connectivity index (χ3v) is 3.63. The summed E-state index contributed by atoms with van der Waals surface area (Å²) >= 11 is 0. The smallest absolute Gasteiger partial charge is 0.317 e. The molecule has 1 N–H and O–H groups in total. The van der Waals surface area contributed by atoms with Gasteiger partial charge in [0.15, 0.2) is 0 Å². The van der Waals surface area contributed by atoms with Crippen molar-refractivity contribution >= 4 is 6.03 Å². The third kappa shape index (κ3) is 3.73. The van der Waals surface area contributed by atoms with E-state index in [4.69, 9.17) is 4.74 Å². The van der Waals surface area contributed by atoms with Crippen LogP contribution in [0.4, 0.5) is 4.79 Å². The highest BCUT2D eigenvalue weighted by molar-refractivity contribution is 5.74. The van der Waals surface area contributed by atoms with E-state index in [1.165, 1.54) is 0 Å². The van der Waals surface area contributed by atoms with Crippen LogP contribution in [-0.2, 0) is 4.74 Å². The number of rotatable bonds is 3. The molecule has 2 amide bonds. The summed E-state index contributed by atoms with van der Waals surface area (Å²) in [7, 11) is 0. The number of urea groups is 1. The van der Waals surface area contributed by atoms with Crippen LogP contribution in [-0.4, -0.2) is 42.8 Å². The Morgan fingerprint density at radius 1 is 1.50 bits per heavy atom. The molecule has 0 aromatic rings. The normalized spacial score (nSPS) is 28.2. The summed E-state index contributed by atoms with van der Waals surface area (Å²) in [6.45, 7) is 4.27. The summed E-state index contributed by atoms with van der Waals surface area (Å²) in [5.41, 5.74) is 0. The fourth-order valence-corrected chi connectivity index (χ4v) is 2.59. The molecule has 0 aromatic carbocycles. The Labute approximate surface area is 109 Å². The van der Waals surface area contributed by atoms with Crippen molar-refractivity contribution < 1.29 is 9.53 Å². The second-order valence-corrected chi connectivity index (χ2v) is 5.16. The zero-order valence-electron chi connectivity index (χ0n) is 11.2. The highest BCUT2D eigenvalue weighted by Gasteiger charge is 2.25. The fourth-order valence-electron chi connectivity index (χ4n) is 2.59. The van der Waals surface area contributed by atoms with Gasteiger partial charge in [0.05, 0.1) is 12.7 Å². The molecular formula is C14H24N2O2. The number of amides is 2. The largest absolute Gasteiger partial charge is 0.375 e. The minimum absolute atomic E-state index is 0.0831. The number of carbonyl (C=O) groups is 1. The Morgan fingerprint density at radius 2 is 2.39 bits per heavy atom. The van der Waals surface area contributed by atoms with Crippen molar-refractivity contribution in [1.29, 1.82) is 0 Å². The van der Waals surface area contributed by atoms with E-state index in [0.717, 1.165) is 38.6 Å². The van der Waals surface area contributed by atoms with Gasteiger partial charge >= 0.3 is 6.03 Å². The van der Waals surface area contributed by atoms with Crippen LogP contribution < -0.4 is 5.32 Å². The van der Waals surface area contributed by atoms with Crippen LogP contribution in [0.5, 0.6) is 0 Å². The molecule has 102 valence electrons. The van der Waals surface area contributed by atoms with Gasteiger partial charge in [-0.15, -0.1) is 0 Å². The fraction of sp³-hybridized carbons (Fsp3) is 0.786. The Morgan fingerprint density at radius 3 is 3.11 bits per heavy atom. The summed E-state index contributed by atoms with van der Waals surface area (Å²) in [5.74, 6) is 0. The maximum absolute atomic E-state index is 12.2. The maximum Gasteiger partial charge on any atom is 0.317 e. The number of nitrogens with zero attached hydrogens (tertiary/aromatic N) is 1. The van der Waals surface area contributed by atoms with Gasteiger partial charge in [-0.05, 0) is 25.7 Å². The van der Waals surface area contributed by atoms with Crippen molar-refractivity contribution in [2.24, 2.45) is 0 Å². The van der Waals surface area contributed by atoms with Crippen molar-refractivity contribution in [1.82, 2.24) is 10.2 Å². The number of morpholine rings is 1. The second-order valence-electron chi connectivity index (χ2n) is 5.16. The lowest BCUT2D eigenvalue weighted by Crippen LogP contribution is -2.51. The molecule has 1 aliphatic heterocycles. The predicted octanol–water partition coefficient (Wildman–Crippen LogP) is 2.31. The molecular weight excluding hydrogens is 228 g/mol. The van der Waals surface area contributed by atoms with Gasteiger partial charge in [-0.3, -0.25) is 0 Å². The van der Waals surface area contributed by atoms with E-state index in [2.05, 4.69) is 24.4 Å². The van der Waals surface area contributed by atoms with Crippen LogP contribution in [0.25, 0.3) is 0 Å². The van der Waals surface area contributed by atoms with Gasteiger partial charge in [0.25, 0.3) is 0 Å². The van der Waals surface area contributed by atoms with E-state index in [0.29, 0.717) is 19.2 Å². The Bertz CT molecular complexity index is 302. The monoisotopic (exact) mass is 252 g/mol. The quantitative estimate of drug-likeness (QED) is 0.783. The minimum atomic E-state index is 0.0831. The SMILES string of the molecule is CCC[C@H]1CN(C(=O)N[C@@H]2CC=CCC2)CCO1. The first-order valence-corrected chi connectivity index (χ1v) is 7.11. The first kappa shape index (κ1) is 13.4. The maximum atomic E-state index is 12.2. The number of nitrogens with one attached hydrogen (secondary N) is 1. The molecule has 1 heterocycles. The molecule has 1 fully saturated rings. The van der Waals surface area contributed by atoms with Crippen molar-refractivity contribution in [3.8, 4) is 0 Å². The van der Waals surface area contributed by atoms with Gasteiger partial charge < -0.3 is 15.0 Å². The number of hydrogen-bond donors (Lipinski definition) is 1. The lowest BCUT2D eigenvalue weighted by atomic mass is 10.0. The molecule has 2 aliphatic rings. The van der Waals surface area contributed by atoms with Crippen LogP contribution in [0.3, 0.4) is 0 Å². The molecule has 0 aromatic heterocycles. The van der Waals surface area contributed by atoms with Crippen LogP contribution in [0, 0.1) is 0 Å². The molecule has 4 heteroatoms. The standard InChI is InChI=1S/C14H24N2O2/c1-2-6-13-11-16(9-10-18-13)14(17)15-12-7-4-3-5-8-12/h3-4,12-13H,2,5-11H2,1H3,(H,15,17)/t12-,13+/m1/s1. The summed E-state index contributed by atoms with van der Waals surface area (Å²) < 4.78 is 5.66. The average Bonchev–Trinajstić information content (AvgIpc) is 2.40. The molecule has 0 bridgehead atoms. The lowest BCUT2D eigenvalue weighted by Gasteiger charge is -2.34. The Kier molecular flexibility index (Phi) is 5.05. The molecule has 0 saturated carbocycles. The Hall–Kier alpha value is -1.03. The summed E-state index contributed by atoms with van der Waals surface area (Å²) in [6, 6.07) is 0.398. The number of carbonyl (C=O) groups excluding carboxylic acids is 1. The van der Waals surface area contributed by atoms with E-state index in [9.17, 15) is 4.79 Å².